The second-order valence-corrected chi connectivity index (χ2v) is 3.23. The number of rotatable bonds is 4. The number of aliphatic hydroxyl groups is 2. The van der Waals surface area contributed by atoms with Crippen LogP contribution in [0.2, 0.25) is 0 Å². The van der Waals surface area contributed by atoms with Crippen LogP contribution < -0.4 is 5.73 Å². The number of hydrogen-bond acceptors (Lipinski definition) is 5. The van der Waals surface area contributed by atoms with Gasteiger partial charge in [0, 0.05) is 11.1 Å². The third-order valence-corrected chi connectivity index (χ3v) is 2.10. The van der Waals surface area contributed by atoms with E-state index in [0.717, 1.165) is 0 Å². The summed E-state index contributed by atoms with van der Waals surface area (Å²) in [5.74, 6) is -1.46. The van der Waals surface area contributed by atoms with Crippen LogP contribution in [0.4, 0.5) is 0 Å². The molecule has 0 radical (unpaired) electrons. The summed E-state index contributed by atoms with van der Waals surface area (Å²) in [6, 6.07) is 3.67. The Hall–Kier alpha value is -1.92. The third-order valence-electron chi connectivity index (χ3n) is 2.10. The van der Waals surface area contributed by atoms with Gasteiger partial charge in [0.1, 0.15) is 18.1 Å². The first-order chi connectivity index (χ1) is 7.47. The van der Waals surface area contributed by atoms with E-state index in [1.807, 2.05) is 0 Å². The zero-order valence-electron chi connectivity index (χ0n) is 8.20. The van der Waals surface area contributed by atoms with Gasteiger partial charge in [-0.3, -0.25) is 9.59 Å². The zero-order valence-corrected chi connectivity index (χ0v) is 8.20. The number of hydrogen-bond donors (Lipinski definition) is 4. The minimum Gasteiger partial charge on any atom is -0.508 e. The van der Waals surface area contributed by atoms with E-state index in [1.165, 1.54) is 18.2 Å². The van der Waals surface area contributed by atoms with Crippen LogP contribution in [-0.2, 0) is 4.79 Å². The zero-order chi connectivity index (χ0) is 12.3. The maximum Gasteiger partial charge on any atom is 0.249 e. The smallest absolute Gasteiger partial charge is 0.249 e. The van der Waals surface area contributed by atoms with E-state index in [0.29, 0.717) is 6.29 Å². The van der Waals surface area contributed by atoms with Crippen LogP contribution in [0.25, 0.3) is 0 Å². The van der Waals surface area contributed by atoms with E-state index in [-0.39, 0.29) is 16.9 Å². The summed E-state index contributed by atoms with van der Waals surface area (Å²) in [6.45, 7) is 0. The molecular weight excluding hydrogens is 214 g/mol. The van der Waals surface area contributed by atoms with Crippen LogP contribution in [0.15, 0.2) is 18.2 Å². The number of benzene rings is 1. The minimum absolute atomic E-state index is 0.129. The summed E-state index contributed by atoms with van der Waals surface area (Å²) in [5, 5.41) is 28.1. The highest BCUT2D eigenvalue weighted by atomic mass is 16.3. The molecule has 1 amide bonds. The summed E-state index contributed by atoms with van der Waals surface area (Å²) < 4.78 is 0. The molecule has 2 atom stereocenters. The van der Waals surface area contributed by atoms with Gasteiger partial charge in [-0.05, 0) is 18.2 Å². The molecule has 0 bridgehead atoms. The van der Waals surface area contributed by atoms with Crippen molar-refractivity contribution in [2.24, 2.45) is 5.73 Å². The normalized spacial score (nSPS) is 14.1. The van der Waals surface area contributed by atoms with Crippen molar-refractivity contribution in [2.45, 2.75) is 12.2 Å². The molecule has 1 rings (SSSR count). The van der Waals surface area contributed by atoms with Crippen molar-refractivity contribution >= 4 is 12.2 Å². The summed E-state index contributed by atoms with van der Waals surface area (Å²) in [5.41, 5.74) is 4.86. The van der Waals surface area contributed by atoms with Crippen molar-refractivity contribution in [1.82, 2.24) is 0 Å². The fourth-order valence-corrected chi connectivity index (χ4v) is 1.21. The molecular formula is C10H11NO5. The fraction of sp³-hybridized carbons (Fsp3) is 0.200. The predicted octanol–water partition coefficient (Wildman–Crippen LogP) is -0.916. The van der Waals surface area contributed by atoms with Crippen LogP contribution in [0.3, 0.4) is 0 Å². The average Bonchev–Trinajstić information content (AvgIpc) is 2.27. The largest absolute Gasteiger partial charge is 0.508 e. The number of aromatic hydroxyl groups is 1. The van der Waals surface area contributed by atoms with E-state index < -0.39 is 18.1 Å². The molecule has 0 aliphatic carbocycles. The Bertz CT molecular complexity index is 418. The average molecular weight is 225 g/mol. The SMILES string of the molecule is NC(=O)C(O)C(O)c1cc(C=O)ccc1O. The molecule has 6 heteroatoms. The lowest BCUT2D eigenvalue weighted by Crippen LogP contribution is -2.33. The van der Waals surface area contributed by atoms with Gasteiger partial charge in [0.15, 0.2) is 6.10 Å². The van der Waals surface area contributed by atoms with Gasteiger partial charge < -0.3 is 21.1 Å². The van der Waals surface area contributed by atoms with Gasteiger partial charge in [-0.25, -0.2) is 0 Å². The van der Waals surface area contributed by atoms with Crippen LogP contribution in [0, 0.1) is 0 Å². The van der Waals surface area contributed by atoms with Crippen LogP contribution in [-0.4, -0.2) is 33.6 Å². The molecule has 0 saturated heterocycles. The van der Waals surface area contributed by atoms with Crippen LogP contribution in [0.1, 0.15) is 22.0 Å². The van der Waals surface area contributed by atoms with Gasteiger partial charge in [0.25, 0.3) is 0 Å². The number of aldehydes is 1. The highest BCUT2D eigenvalue weighted by Gasteiger charge is 2.25. The number of phenols is 1. The Morgan fingerprint density at radius 2 is 2.00 bits per heavy atom. The van der Waals surface area contributed by atoms with Crippen molar-refractivity contribution in [3.05, 3.63) is 29.3 Å². The van der Waals surface area contributed by atoms with Crippen LogP contribution in [0.5, 0.6) is 5.75 Å². The maximum atomic E-state index is 10.6. The Morgan fingerprint density at radius 1 is 1.38 bits per heavy atom. The maximum absolute atomic E-state index is 10.6. The molecule has 0 aromatic heterocycles. The molecule has 16 heavy (non-hydrogen) atoms. The minimum atomic E-state index is -1.84. The van der Waals surface area contributed by atoms with Gasteiger partial charge in [-0.1, -0.05) is 0 Å². The highest BCUT2D eigenvalue weighted by Crippen LogP contribution is 2.27. The standard InChI is InChI=1S/C10H11NO5/c11-10(16)9(15)8(14)6-3-5(4-12)1-2-7(6)13/h1-4,8-9,13-15H,(H2,11,16). The Balaban J connectivity index is 3.11. The number of aliphatic hydroxyl groups excluding tert-OH is 2. The number of carbonyl (C=O) groups is 2. The molecule has 6 nitrogen and oxygen atoms in total. The van der Waals surface area contributed by atoms with E-state index in [1.54, 1.807) is 0 Å². The van der Waals surface area contributed by atoms with E-state index in [9.17, 15) is 24.9 Å². The van der Waals surface area contributed by atoms with Crippen molar-refractivity contribution in [1.29, 1.82) is 0 Å². The summed E-state index contributed by atoms with van der Waals surface area (Å²) in [4.78, 5) is 21.1. The molecule has 0 aliphatic heterocycles. The molecule has 0 aliphatic rings. The van der Waals surface area contributed by atoms with E-state index in [4.69, 9.17) is 5.73 Å². The molecule has 0 fully saturated rings. The second-order valence-electron chi connectivity index (χ2n) is 3.23. The molecule has 0 heterocycles. The number of phenolic OH excluding ortho intramolecular Hbond substituents is 1. The van der Waals surface area contributed by atoms with E-state index in [2.05, 4.69) is 0 Å². The van der Waals surface area contributed by atoms with E-state index >= 15 is 0 Å². The Kier molecular flexibility index (Phi) is 3.60. The Morgan fingerprint density at radius 3 is 2.50 bits per heavy atom. The van der Waals surface area contributed by atoms with Gasteiger partial charge >= 0.3 is 0 Å². The van der Waals surface area contributed by atoms with Crippen LogP contribution >= 0.6 is 0 Å². The first-order valence-corrected chi connectivity index (χ1v) is 4.41. The van der Waals surface area contributed by atoms with Crippen molar-refractivity contribution in [3.63, 3.8) is 0 Å². The molecule has 86 valence electrons. The van der Waals surface area contributed by atoms with Gasteiger partial charge in [0.2, 0.25) is 5.91 Å². The molecule has 2 unspecified atom stereocenters. The van der Waals surface area contributed by atoms with Crippen molar-refractivity contribution in [2.75, 3.05) is 0 Å². The van der Waals surface area contributed by atoms with Gasteiger partial charge in [-0.15, -0.1) is 0 Å². The van der Waals surface area contributed by atoms with Crippen molar-refractivity contribution < 1.29 is 24.9 Å². The van der Waals surface area contributed by atoms with Gasteiger partial charge in [0.05, 0.1) is 0 Å². The molecule has 5 N–H and O–H groups in total. The van der Waals surface area contributed by atoms with Crippen molar-refractivity contribution in [3.8, 4) is 5.75 Å². The lowest BCUT2D eigenvalue weighted by molar-refractivity contribution is -0.132. The summed E-state index contributed by atoms with van der Waals surface area (Å²) >= 11 is 0. The summed E-state index contributed by atoms with van der Waals surface area (Å²) in [6.07, 6.45) is -3.00. The second kappa shape index (κ2) is 4.73. The lowest BCUT2D eigenvalue weighted by Gasteiger charge is -2.16. The first kappa shape index (κ1) is 12.2. The quantitative estimate of drug-likeness (QED) is 0.494. The predicted molar refractivity (Wildman–Crippen MR) is 53.7 cm³/mol. The molecule has 0 saturated carbocycles. The number of nitrogens with two attached hydrogens (primary N) is 1. The number of primary amides is 1. The monoisotopic (exact) mass is 225 g/mol. The lowest BCUT2D eigenvalue weighted by atomic mass is 10.0. The summed E-state index contributed by atoms with van der Waals surface area (Å²) in [7, 11) is 0. The fourth-order valence-electron chi connectivity index (χ4n) is 1.21. The highest BCUT2D eigenvalue weighted by molar-refractivity contribution is 5.80. The number of carbonyl (C=O) groups excluding carboxylic acids is 2. The topological polar surface area (TPSA) is 121 Å². The Labute approximate surface area is 90.9 Å². The molecule has 0 spiro atoms. The third kappa shape index (κ3) is 2.36. The number of amides is 1. The van der Waals surface area contributed by atoms with Gasteiger partial charge in [-0.2, -0.15) is 0 Å². The molecule has 1 aromatic carbocycles. The molecule has 1 aromatic rings. The first-order valence-electron chi connectivity index (χ1n) is 4.41.